The minimum Gasteiger partial charge on any atom is -0.355 e. The molecule has 2 fully saturated rings. The summed E-state index contributed by atoms with van der Waals surface area (Å²) in [5.41, 5.74) is 0.489. The molecule has 0 atom stereocenters. The Labute approximate surface area is 167 Å². The molecule has 2 saturated heterocycles. The van der Waals surface area contributed by atoms with Gasteiger partial charge in [0.1, 0.15) is 0 Å². The Hall–Kier alpha value is -2.21. The van der Waals surface area contributed by atoms with Crippen LogP contribution in [0.3, 0.4) is 0 Å². The van der Waals surface area contributed by atoms with E-state index in [2.05, 4.69) is 46.8 Å². The Morgan fingerprint density at radius 1 is 0.964 bits per heavy atom. The van der Waals surface area contributed by atoms with Gasteiger partial charge in [-0.15, -0.1) is 10.2 Å². The van der Waals surface area contributed by atoms with Crippen molar-refractivity contribution in [3.8, 4) is 0 Å². The second-order valence-corrected chi connectivity index (χ2v) is 8.51. The van der Waals surface area contributed by atoms with Crippen LogP contribution < -0.4 is 4.90 Å². The first-order valence-electron chi connectivity index (χ1n) is 10.6. The van der Waals surface area contributed by atoms with E-state index in [-0.39, 0.29) is 5.91 Å². The van der Waals surface area contributed by atoms with Crippen molar-refractivity contribution in [3.63, 3.8) is 0 Å². The van der Waals surface area contributed by atoms with E-state index >= 15 is 0 Å². The fourth-order valence-electron chi connectivity index (χ4n) is 4.29. The third-order valence-electron chi connectivity index (χ3n) is 6.29. The van der Waals surface area contributed by atoms with E-state index in [1.54, 1.807) is 0 Å². The van der Waals surface area contributed by atoms with Crippen LogP contribution in [0.25, 0.3) is 10.8 Å². The smallest absolute Gasteiger partial charge is 0.275 e. The molecular formula is C22H31N5O. The maximum Gasteiger partial charge on any atom is 0.275 e. The Morgan fingerprint density at radius 3 is 2.25 bits per heavy atom. The molecule has 0 spiro atoms. The molecule has 4 rings (SSSR count). The number of rotatable bonds is 3. The van der Waals surface area contributed by atoms with Crippen LogP contribution in [0.5, 0.6) is 0 Å². The number of carbonyl (C=O) groups is 1. The standard InChI is InChI=1S/C22H31N5O/c1-16(2)25-12-14-27(15-13-25)22(28)20-18-6-4-5-7-19(18)21(24-23-20)26-10-8-17(3)9-11-26/h4-7,16-17H,8-15H2,1-3H3. The zero-order chi connectivity index (χ0) is 19.7. The van der Waals surface area contributed by atoms with Crippen LogP contribution in [0, 0.1) is 5.92 Å². The van der Waals surface area contributed by atoms with Crippen molar-refractivity contribution >= 4 is 22.5 Å². The number of piperazine rings is 1. The lowest BCUT2D eigenvalue weighted by Crippen LogP contribution is -2.50. The van der Waals surface area contributed by atoms with E-state index in [1.165, 1.54) is 12.8 Å². The third kappa shape index (κ3) is 3.70. The molecule has 0 aliphatic carbocycles. The third-order valence-corrected chi connectivity index (χ3v) is 6.29. The number of nitrogens with zero attached hydrogens (tertiary/aromatic N) is 5. The summed E-state index contributed by atoms with van der Waals surface area (Å²) in [4.78, 5) is 19.9. The predicted molar refractivity (Wildman–Crippen MR) is 113 cm³/mol. The Morgan fingerprint density at radius 2 is 1.61 bits per heavy atom. The van der Waals surface area contributed by atoms with Crippen molar-refractivity contribution in [2.75, 3.05) is 44.2 Å². The zero-order valence-corrected chi connectivity index (χ0v) is 17.3. The van der Waals surface area contributed by atoms with Crippen molar-refractivity contribution in [1.29, 1.82) is 0 Å². The summed E-state index contributed by atoms with van der Waals surface area (Å²) in [6.07, 6.45) is 2.35. The molecule has 1 amide bonds. The molecule has 1 aromatic carbocycles. The van der Waals surface area contributed by atoms with Gasteiger partial charge in [0.05, 0.1) is 0 Å². The second-order valence-electron chi connectivity index (χ2n) is 8.51. The molecule has 3 heterocycles. The summed E-state index contributed by atoms with van der Waals surface area (Å²) in [6, 6.07) is 8.61. The first-order chi connectivity index (χ1) is 13.5. The topological polar surface area (TPSA) is 52.6 Å². The van der Waals surface area contributed by atoms with E-state index in [0.717, 1.165) is 61.8 Å². The van der Waals surface area contributed by atoms with Crippen LogP contribution in [-0.4, -0.2) is 71.2 Å². The van der Waals surface area contributed by atoms with Crippen LogP contribution in [0.4, 0.5) is 5.82 Å². The van der Waals surface area contributed by atoms with Crippen LogP contribution in [-0.2, 0) is 0 Å². The molecular weight excluding hydrogens is 350 g/mol. The van der Waals surface area contributed by atoms with Gasteiger partial charge in [0, 0.05) is 56.1 Å². The lowest BCUT2D eigenvalue weighted by Gasteiger charge is -2.37. The molecule has 6 nitrogen and oxygen atoms in total. The minimum absolute atomic E-state index is 0.00548. The van der Waals surface area contributed by atoms with Crippen molar-refractivity contribution in [2.45, 2.75) is 39.7 Å². The highest BCUT2D eigenvalue weighted by Gasteiger charge is 2.27. The number of aromatic nitrogens is 2. The van der Waals surface area contributed by atoms with E-state index in [0.29, 0.717) is 11.7 Å². The van der Waals surface area contributed by atoms with Gasteiger partial charge < -0.3 is 9.80 Å². The van der Waals surface area contributed by atoms with Crippen molar-refractivity contribution in [3.05, 3.63) is 30.0 Å². The lowest BCUT2D eigenvalue weighted by molar-refractivity contribution is 0.0591. The molecule has 2 aromatic rings. The largest absolute Gasteiger partial charge is 0.355 e. The highest BCUT2D eigenvalue weighted by molar-refractivity contribution is 6.07. The number of benzene rings is 1. The number of amides is 1. The number of piperidine rings is 1. The molecule has 6 heteroatoms. The highest BCUT2D eigenvalue weighted by Crippen LogP contribution is 2.29. The fourth-order valence-corrected chi connectivity index (χ4v) is 4.29. The Bertz CT molecular complexity index is 836. The van der Waals surface area contributed by atoms with Crippen LogP contribution in [0.15, 0.2) is 24.3 Å². The predicted octanol–water partition coefficient (Wildman–Crippen LogP) is 3.03. The van der Waals surface area contributed by atoms with E-state index in [9.17, 15) is 4.79 Å². The van der Waals surface area contributed by atoms with Crippen LogP contribution in [0.1, 0.15) is 44.1 Å². The summed E-state index contributed by atoms with van der Waals surface area (Å²) in [6.45, 7) is 12.1. The lowest BCUT2D eigenvalue weighted by atomic mass is 9.99. The molecule has 0 unspecified atom stereocenters. The molecule has 28 heavy (non-hydrogen) atoms. The van der Waals surface area contributed by atoms with Crippen molar-refractivity contribution in [2.24, 2.45) is 5.92 Å². The van der Waals surface area contributed by atoms with Gasteiger partial charge in [-0.05, 0) is 32.6 Å². The summed E-state index contributed by atoms with van der Waals surface area (Å²) >= 11 is 0. The monoisotopic (exact) mass is 381 g/mol. The van der Waals surface area contributed by atoms with Gasteiger partial charge in [0.2, 0.25) is 0 Å². The van der Waals surface area contributed by atoms with Gasteiger partial charge in [0.25, 0.3) is 5.91 Å². The van der Waals surface area contributed by atoms with Gasteiger partial charge in [-0.2, -0.15) is 0 Å². The normalized spacial score (nSPS) is 19.6. The quantitative estimate of drug-likeness (QED) is 0.818. The van der Waals surface area contributed by atoms with Gasteiger partial charge in [-0.25, -0.2) is 0 Å². The average Bonchev–Trinajstić information content (AvgIpc) is 2.73. The number of fused-ring (bicyclic) bond motifs is 1. The number of anilines is 1. The maximum absolute atomic E-state index is 13.2. The molecule has 1 aromatic heterocycles. The van der Waals surface area contributed by atoms with E-state index in [4.69, 9.17) is 0 Å². The number of hydrogen-bond donors (Lipinski definition) is 0. The Balaban J connectivity index is 1.60. The first-order valence-corrected chi connectivity index (χ1v) is 10.6. The van der Waals surface area contributed by atoms with Crippen LogP contribution >= 0.6 is 0 Å². The van der Waals surface area contributed by atoms with Crippen molar-refractivity contribution < 1.29 is 4.79 Å². The minimum atomic E-state index is 0.00548. The van der Waals surface area contributed by atoms with Gasteiger partial charge in [-0.1, -0.05) is 31.2 Å². The van der Waals surface area contributed by atoms with Gasteiger partial charge in [0.15, 0.2) is 11.5 Å². The average molecular weight is 382 g/mol. The van der Waals surface area contributed by atoms with Crippen molar-refractivity contribution in [1.82, 2.24) is 20.0 Å². The summed E-state index contributed by atoms with van der Waals surface area (Å²) < 4.78 is 0. The first kappa shape index (κ1) is 19.1. The number of carbonyl (C=O) groups excluding carboxylic acids is 1. The van der Waals surface area contributed by atoms with E-state index in [1.807, 2.05) is 23.1 Å². The molecule has 150 valence electrons. The summed E-state index contributed by atoms with van der Waals surface area (Å²) in [5, 5.41) is 10.9. The maximum atomic E-state index is 13.2. The fraction of sp³-hybridized carbons (Fsp3) is 0.591. The van der Waals surface area contributed by atoms with Crippen LogP contribution in [0.2, 0.25) is 0 Å². The summed E-state index contributed by atoms with van der Waals surface area (Å²) in [5.74, 6) is 1.69. The molecule has 0 N–H and O–H groups in total. The number of hydrogen-bond acceptors (Lipinski definition) is 5. The van der Waals surface area contributed by atoms with Gasteiger partial charge in [-0.3, -0.25) is 9.69 Å². The molecule has 2 aliphatic heterocycles. The molecule has 0 bridgehead atoms. The zero-order valence-electron chi connectivity index (χ0n) is 17.3. The molecule has 0 saturated carbocycles. The Kier molecular flexibility index (Phi) is 5.49. The SMILES string of the molecule is CC1CCN(c2nnc(C(=O)N3CCN(C(C)C)CC3)c3ccccc23)CC1. The second kappa shape index (κ2) is 8.03. The summed E-state index contributed by atoms with van der Waals surface area (Å²) in [7, 11) is 0. The van der Waals surface area contributed by atoms with E-state index < -0.39 is 0 Å². The molecule has 2 aliphatic rings. The van der Waals surface area contributed by atoms with Gasteiger partial charge >= 0.3 is 0 Å². The molecule has 0 radical (unpaired) electrons. The highest BCUT2D eigenvalue weighted by atomic mass is 16.2.